The monoisotopic (exact) mass is 303 g/mol. The second-order valence-electron chi connectivity index (χ2n) is 4.41. The average Bonchev–Trinajstić information content (AvgIpc) is 2.89. The number of halogens is 1. The van der Waals surface area contributed by atoms with Gasteiger partial charge in [-0.05, 0) is 25.0 Å². The van der Waals surface area contributed by atoms with Gasteiger partial charge in [0.15, 0.2) is 11.6 Å². The molecule has 20 heavy (non-hydrogen) atoms. The summed E-state index contributed by atoms with van der Waals surface area (Å²) in [6.45, 7) is 0.138. The van der Waals surface area contributed by atoms with Crippen molar-refractivity contribution in [2.45, 2.75) is 23.8 Å². The van der Waals surface area contributed by atoms with Crippen LogP contribution < -0.4 is 4.74 Å². The summed E-state index contributed by atoms with van der Waals surface area (Å²) in [5.41, 5.74) is 0. The molecular weight excluding hydrogens is 289 g/mol. The van der Waals surface area contributed by atoms with E-state index in [-0.39, 0.29) is 23.6 Å². The first-order chi connectivity index (χ1) is 9.37. The number of carboxylic acid groups (broad SMARTS) is 1. The fourth-order valence-corrected chi connectivity index (χ4v) is 3.88. The van der Waals surface area contributed by atoms with Crippen LogP contribution in [-0.2, 0) is 14.8 Å². The van der Waals surface area contributed by atoms with Crippen LogP contribution in [0.4, 0.5) is 4.39 Å². The van der Waals surface area contributed by atoms with Gasteiger partial charge in [-0.15, -0.1) is 0 Å². The predicted molar refractivity (Wildman–Crippen MR) is 67.5 cm³/mol. The molecule has 1 saturated heterocycles. The van der Waals surface area contributed by atoms with E-state index in [0.717, 1.165) is 22.5 Å². The van der Waals surface area contributed by atoms with E-state index in [1.807, 2.05) is 0 Å². The molecule has 0 saturated carbocycles. The van der Waals surface area contributed by atoms with Crippen LogP contribution in [-0.4, -0.2) is 43.5 Å². The number of carboxylic acids is 1. The third-order valence-electron chi connectivity index (χ3n) is 3.22. The van der Waals surface area contributed by atoms with Gasteiger partial charge in [-0.25, -0.2) is 12.8 Å². The van der Waals surface area contributed by atoms with E-state index in [2.05, 4.69) is 0 Å². The van der Waals surface area contributed by atoms with Crippen LogP contribution in [0, 0.1) is 5.82 Å². The van der Waals surface area contributed by atoms with Crippen molar-refractivity contribution in [3.63, 3.8) is 0 Å². The Labute approximate surface area is 115 Å². The Balaban J connectivity index is 2.42. The summed E-state index contributed by atoms with van der Waals surface area (Å²) in [6, 6.07) is 2.07. The number of hydrogen-bond acceptors (Lipinski definition) is 4. The van der Waals surface area contributed by atoms with Gasteiger partial charge in [0.1, 0.15) is 6.04 Å². The highest BCUT2D eigenvalue weighted by atomic mass is 32.2. The molecular formula is C12H14FNO5S. The van der Waals surface area contributed by atoms with Crippen molar-refractivity contribution in [1.29, 1.82) is 0 Å². The topological polar surface area (TPSA) is 83.9 Å². The van der Waals surface area contributed by atoms with E-state index in [9.17, 15) is 17.6 Å². The molecule has 1 aromatic rings. The molecule has 0 bridgehead atoms. The van der Waals surface area contributed by atoms with Gasteiger partial charge < -0.3 is 9.84 Å². The van der Waals surface area contributed by atoms with Crippen molar-refractivity contribution in [2.24, 2.45) is 0 Å². The Morgan fingerprint density at radius 2 is 2.20 bits per heavy atom. The summed E-state index contributed by atoms with van der Waals surface area (Å²) in [7, 11) is -2.75. The number of nitrogens with zero attached hydrogens (tertiary/aromatic N) is 1. The number of hydrogen-bond donors (Lipinski definition) is 1. The van der Waals surface area contributed by atoms with Crippen molar-refractivity contribution >= 4 is 16.0 Å². The maximum Gasteiger partial charge on any atom is 0.322 e. The van der Waals surface area contributed by atoms with Gasteiger partial charge in [0.05, 0.1) is 12.0 Å². The van der Waals surface area contributed by atoms with Crippen LogP contribution in [0.1, 0.15) is 12.8 Å². The fraction of sp³-hybridized carbons (Fsp3) is 0.417. The van der Waals surface area contributed by atoms with Crippen LogP contribution in [0.15, 0.2) is 23.1 Å². The summed E-state index contributed by atoms with van der Waals surface area (Å²) in [5, 5.41) is 9.05. The molecule has 0 radical (unpaired) electrons. The molecule has 6 nitrogen and oxygen atoms in total. The Kier molecular flexibility index (Phi) is 3.96. The van der Waals surface area contributed by atoms with Gasteiger partial charge in [0, 0.05) is 12.6 Å². The van der Waals surface area contributed by atoms with Gasteiger partial charge in [0.25, 0.3) is 0 Å². The lowest BCUT2D eigenvalue weighted by Crippen LogP contribution is -2.40. The smallest absolute Gasteiger partial charge is 0.322 e. The highest BCUT2D eigenvalue weighted by molar-refractivity contribution is 7.89. The number of benzene rings is 1. The molecule has 1 aromatic carbocycles. The lowest BCUT2D eigenvalue weighted by Gasteiger charge is -2.21. The Morgan fingerprint density at radius 3 is 2.80 bits per heavy atom. The predicted octanol–water partition coefficient (Wildman–Crippen LogP) is 1.07. The van der Waals surface area contributed by atoms with E-state index in [0.29, 0.717) is 6.42 Å². The molecule has 1 aliphatic rings. The Hall–Kier alpha value is -1.67. The lowest BCUT2D eigenvalue weighted by molar-refractivity contribution is -0.140. The van der Waals surface area contributed by atoms with E-state index in [1.165, 1.54) is 7.11 Å². The minimum absolute atomic E-state index is 0.138. The fourth-order valence-electron chi connectivity index (χ4n) is 2.21. The van der Waals surface area contributed by atoms with E-state index in [4.69, 9.17) is 9.84 Å². The molecule has 1 unspecified atom stereocenters. The molecule has 1 atom stereocenters. The van der Waals surface area contributed by atoms with Gasteiger partial charge in [-0.1, -0.05) is 0 Å². The normalized spacial score (nSPS) is 20.0. The second-order valence-corrected chi connectivity index (χ2v) is 6.30. The van der Waals surface area contributed by atoms with Crippen molar-refractivity contribution in [2.75, 3.05) is 13.7 Å². The largest absolute Gasteiger partial charge is 0.494 e. The van der Waals surface area contributed by atoms with Crippen LogP contribution >= 0.6 is 0 Å². The van der Waals surface area contributed by atoms with Crippen molar-refractivity contribution in [1.82, 2.24) is 4.31 Å². The number of aliphatic carboxylic acids is 1. The van der Waals surface area contributed by atoms with E-state index >= 15 is 0 Å². The first-order valence-electron chi connectivity index (χ1n) is 5.96. The summed E-state index contributed by atoms with van der Waals surface area (Å²) in [6.07, 6.45) is 0.751. The third-order valence-corrected chi connectivity index (χ3v) is 5.12. The maximum absolute atomic E-state index is 13.3. The van der Waals surface area contributed by atoms with Crippen LogP contribution in [0.5, 0.6) is 5.75 Å². The number of carbonyl (C=O) groups is 1. The minimum Gasteiger partial charge on any atom is -0.494 e. The van der Waals surface area contributed by atoms with Gasteiger partial charge in [-0.2, -0.15) is 4.31 Å². The molecule has 110 valence electrons. The van der Waals surface area contributed by atoms with Crippen molar-refractivity contribution in [3.8, 4) is 5.75 Å². The van der Waals surface area contributed by atoms with Gasteiger partial charge >= 0.3 is 5.97 Å². The molecule has 1 N–H and O–H groups in total. The Bertz CT molecular complexity index is 631. The van der Waals surface area contributed by atoms with Crippen molar-refractivity contribution in [3.05, 3.63) is 24.0 Å². The maximum atomic E-state index is 13.3. The van der Waals surface area contributed by atoms with E-state index < -0.39 is 27.9 Å². The first-order valence-corrected chi connectivity index (χ1v) is 7.40. The highest BCUT2D eigenvalue weighted by Gasteiger charge is 2.39. The summed E-state index contributed by atoms with van der Waals surface area (Å²) >= 11 is 0. The molecule has 1 heterocycles. The number of rotatable bonds is 4. The number of ether oxygens (including phenoxy) is 1. The number of methoxy groups -OCH3 is 1. The molecule has 8 heteroatoms. The first kappa shape index (κ1) is 14.7. The molecule has 0 aliphatic carbocycles. The molecule has 0 spiro atoms. The molecule has 1 fully saturated rings. The zero-order chi connectivity index (χ0) is 14.9. The van der Waals surface area contributed by atoms with Crippen LogP contribution in [0.25, 0.3) is 0 Å². The molecule has 2 rings (SSSR count). The molecule has 1 aliphatic heterocycles. The SMILES string of the molecule is COc1cc(S(=O)(=O)N2CCCC2C(=O)O)ccc1F. The Morgan fingerprint density at radius 1 is 1.50 bits per heavy atom. The quantitative estimate of drug-likeness (QED) is 0.899. The third kappa shape index (κ3) is 2.48. The van der Waals surface area contributed by atoms with E-state index in [1.54, 1.807) is 0 Å². The van der Waals surface area contributed by atoms with Crippen LogP contribution in [0.3, 0.4) is 0 Å². The standard InChI is InChI=1S/C12H14FNO5S/c1-19-11-7-8(4-5-9(11)13)20(17,18)14-6-2-3-10(14)12(15)16/h4-5,7,10H,2-3,6H2,1H3,(H,15,16). The lowest BCUT2D eigenvalue weighted by atomic mass is 10.2. The average molecular weight is 303 g/mol. The summed E-state index contributed by atoms with van der Waals surface area (Å²) in [4.78, 5) is 10.9. The van der Waals surface area contributed by atoms with Gasteiger partial charge in [0.2, 0.25) is 10.0 Å². The van der Waals surface area contributed by atoms with Crippen LogP contribution in [0.2, 0.25) is 0 Å². The zero-order valence-corrected chi connectivity index (χ0v) is 11.6. The van der Waals surface area contributed by atoms with Gasteiger partial charge in [-0.3, -0.25) is 4.79 Å². The molecule has 0 aromatic heterocycles. The minimum atomic E-state index is -3.98. The van der Waals surface area contributed by atoms with Crippen molar-refractivity contribution < 1.29 is 27.4 Å². The number of sulfonamides is 1. The second kappa shape index (κ2) is 5.37. The highest BCUT2D eigenvalue weighted by Crippen LogP contribution is 2.29. The summed E-state index contributed by atoms with van der Waals surface area (Å²) < 4.78 is 43.8. The molecule has 0 amide bonds. The zero-order valence-electron chi connectivity index (χ0n) is 10.7. The summed E-state index contributed by atoms with van der Waals surface area (Å²) in [5.74, 6) is -2.06.